The van der Waals surface area contributed by atoms with Gasteiger partial charge in [0.15, 0.2) is 0 Å². The first-order valence-electron chi connectivity index (χ1n) is 4.63. The zero-order valence-electron chi connectivity index (χ0n) is 7.71. The van der Waals surface area contributed by atoms with Gasteiger partial charge in [0, 0.05) is 0 Å². The summed E-state index contributed by atoms with van der Waals surface area (Å²) in [4.78, 5) is 0. The SMILES string of the molecule is [Cl-].c1ccc(C[Te+]2CCCC2)cc1. The van der Waals surface area contributed by atoms with E-state index in [1.807, 2.05) is 0 Å². The van der Waals surface area contributed by atoms with Crippen molar-refractivity contribution in [1.29, 1.82) is 0 Å². The predicted molar refractivity (Wildman–Crippen MR) is 54.7 cm³/mol. The maximum atomic E-state index is 2.29. The topological polar surface area (TPSA) is 0 Å². The van der Waals surface area contributed by atoms with Crippen LogP contribution in [0.4, 0.5) is 0 Å². The van der Waals surface area contributed by atoms with Gasteiger partial charge in [-0.15, -0.1) is 0 Å². The summed E-state index contributed by atoms with van der Waals surface area (Å²) >= 11 is -0.596. The van der Waals surface area contributed by atoms with Crippen molar-refractivity contribution in [3.63, 3.8) is 0 Å². The van der Waals surface area contributed by atoms with Crippen molar-refractivity contribution in [2.75, 3.05) is 0 Å². The number of rotatable bonds is 2. The van der Waals surface area contributed by atoms with Crippen molar-refractivity contribution in [3.05, 3.63) is 35.9 Å². The molecule has 0 amide bonds. The Morgan fingerprint density at radius 2 is 1.62 bits per heavy atom. The zero-order valence-corrected chi connectivity index (χ0v) is 10.8. The maximum absolute atomic E-state index is 2.29. The molecule has 13 heavy (non-hydrogen) atoms. The zero-order chi connectivity index (χ0) is 8.23. The summed E-state index contributed by atoms with van der Waals surface area (Å²) in [7, 11) is 0. The Bertz CT molecular complexity index is 229. The first kappa shape index (κ1) is 11.4. The van der Waals surface area contributed by atoms with Crippen LogP contribution >= 0.6 is 0 Å². The molecule has 1 aliphatic heterocycles. The Balaban J connectivity index is 0.000000845. The van der Waals surface area contributed by atoms with E-state index >= 15 is 0 Å². The van der Waals surface area contributed by atoms with E-state index in [0.717, 1.165) is 0 Å². The van der Waals surface area contributed by atoms with Gasteiger partial charge >= 0.3 is 81.7 Å². The van der Waals surface area contributed by atoms with Gasteiger partial charge in [0.1, 0.15) is 0 Å². The normalized spacial score (nSPS) is 16.9. The number of halogens is 1. The molecule has 0 aliphatic carbocycles. The van der Waals surface area contributed by atoms with Crippen LogP contribution in [0.3, 0.4) is 0 Å². The third-order valence-electron chi connectivity index (χ3n) is 2.33. The molecule has 1 aliphatic rings. The molecule has 1 saturated heterocycles. The molecule has 0 atom stereocenters. The third kappa shape index (κ3) is 3.50. The fourth-order valence-electron chi connectivity index (χ4n) is 1.67. The first-order valence-corrected chi connectivity index (χ1v) is 9.57. The molecule has 1 heterocycles. The van der Waals surface area contributed by atoms with Crippen molar-refractivity contribution in [2.24, 2.45) is 0 Å². The summed E-state index contributed by atoms with van der Waals surface area (Å²) in [5.74, 6) is 0. The van der Waals surface area contributed by atoms with Crippen LogP contribution in [0.15, 0.2) is 30.3 Å². The van der Waals surface area contributed by atoms with E-state index in [0.29, 0.717) is 0 Å². The van der Waals surface area contributed by atoms with Crippen molar-refractivity contribution in [2.45, 2.75) is 26.2 Å². The van der Waals surface area contributed by atoms with Gasteiger partial charge in [0.25, 0.3) is 0 Å². The van der Waals surface area contributed by atoms with Crippen molar-refractivity contribution in [3.8, 4) is 0 Å². The monoisotopic (exact) mass is 312 g/mol. The van der Waals surface area contributed by atoms with Crippen molar-refractivity contribution >= 4 is 19.6 Å². The van der Waals surface area contributed by atoms with Crippen LogP contribution in [-0.2, 0) is 4.47 Å². The molecule has 1 fully saturated rings. The fourth-order valence-corrected chi connectivity index (χ4v) is 8.47. The summed E-state index contributed by atoms with van der Waals surface area (Å²) in [6.07, 6.45) is 3.06. The second-order valence-electron chi connectivity index (χ2n) is 3.36. The van der Waals surface area contributed by atoms with Gasteiger partial charge < -0.3 is 12.4 Å². The summed E-state index contributed by atoms with van der Waals surface area (Å²) in [5.41, 5.74) is 1.59. The van der Waals surface area contributed by atoms with Crippen LogP contribution in [0.2, 0.25) is 8.94 Å². The molecule has 0 N–H and O–H groups in total. The van der Waals surface area contributed by atoms with Gasteiger partial charge in [-0.25, -0.2) is 0 Å². The molecule has 1 aromatic rings. The molecule has 2 rings (SSSR count). The Morgan fingerprint density at radius 1 is 1.00 bits per heavy atom. The Kier molecular flexibility index (Phi) is 5.17. The minimum atomic E-state index is -0.596. The molecule has 72 valence electrons. The van der Waals surface area contributed by atoms with Crippen molar-refractivity contribution in [1.82, 2.24) is 0 Å². The van der Waals surface area contributed by atoms with E-state index < -0.39 is 19.6 Å². The molecule has 0 aromatic heterocycles. The molecule has 2 heteroatoms. The molecular weight excluding hydrogens is 295 g/mol. The quantitative estimate of drug-likeness (QED) is 0.678. The van der Waals surface area contributed by atoms with Crippen LogP contribution in [-0.4, -0.2) is 19.6 Å². The minimum absolute atomic E-state index is 0. The van der Waals surface area contributed by atoms with E-state index in [9.17, 15) is 0 Å². The molecule has 0 spiro atoms. The Labute approximate surface area is 93.8 Å². The summed E-state index contributed by atoms with van der Waals surface area (Å²) < 4.78 is 4.72. The Hall–Kier alpha value is 0.300. The molecule has 0 nitrogen and oxygen atoms in total. The molecule has 1 aromatic carbocycles. The summed E-state index contributed by atoms with van der Waals surface area (Å²) in [6, 6.07) is 11.0. The molecule has 0 unspecified atom stereocenters. The van der Waals surface area contributed by atoms with Crippen LogP contribution in [0.1, 0.15) is 18.4 Å². The van der Waals surface area contributed by atoms with E-state index in [-0.39, 0.29) is 12.4 Å². The van der Waals surface area contributed by atoms with Crippen LogP contribution < -0.4 is 12.4 Å². The second kappa shape index (κ2) is 5.91. The van der Waals surface area contributed by atoms with Crippen LogP contribution in [0.5, 0.6) is 0 Å². The fraction of sp³-hybridized carbons (Fsp3) is 0.455. The average molecular weight is 310 g/mol. The van der Waals surface area contributed by atoms with Gasteiger partial charge in [-0.2, -0.15) is 0 Å². The number of hydrogen-bond donors (Lipinski definition) is 0. The van der Waals surface area contributed by atoms with E-state index in [1.54, 1.807) is 14.5 Å². The Morgan fingerprint density at radius 3 is 2.23 bits per heavy atom. The molecule has 0 radical (unpaired) electrons. The molecule has 0 bridgehead atoms. The van der Waals surface area contributed by atoms with E-state index in [2.05, 4.69) is 30.3 Å². The van der Waals surface area contributed by atoms with Gasteiger partial charge in [-0.05, 0) is 0 Å². The van der Waals surface area contributed by atoms with Crippen molar-refractivity contribution < 1.29 is 12.4 Å². The van der Waals surface area contributed by atoms with Gasteiger partial charge in [-0.1, -0.05) is 0 Å². The first-order chi connectivity index (χ1) is 5.95. The van der Waals surface area contributed by atoms with Gasteiger partial charge in [-0.3, -0.25) is 0 Å². The molecule has 0 saturated carbocycles. The number of benzene rings is 1. The standard InChI is InChI=1S/C11H15Te.ClH/c1-2-6-11(7-3-1)10-12-8-4-5-9-12;/h1-3,6-7H,4-5,8-10H2;1H/q+1;/p-1. The van der Waals surface area contributed by atoms with Crippen LogP contribution in [0.25, 0.3) is 0 Å². The second-order valence-corrected chi connectivity index (χ2v) is 10.0. The summed E-state index contributed by atoms with van der Waals surface area (Å²) in [5, 5.41) is 0. The predicted octanol–water partition coefficient (Wildman–Crippen LogP) is 0.0609. The third-order valence-corrected chi connectivity index (χ3v) is 9.39. The average Bonchev–Trinajstić information content (AvgIpc) is 2.59. The molecular formula is C11H15ClTe. The number of hydrogen-bond acceptors (Lipinski definition) is 0. The van der Waals surface area contributed by atoms with E-state index in [1.165, 1.54) is 17.3 Å². The summed E-state index contributed by atoms with van der Waals surface area (Å²) in [6.45, 7) is 0. The van der Waals surface area contributed by atoms with Gasteiger partial charge in [0.05, 0.1) is 0 Å². The van der Waals surface area contributed by atoms with Crippen LogP contribution in [0, 0.1) is 0 Å². The van der Waals surface area contributed by atoms with Gasteiger partial charge in [0.2, 0.25) is 0 Å². The van der Waals surface area contributed by atoms with E-state index in [4.69, 9.17) is 0 Å².